The van der Waals surface area contributed by atoms with Crippen LogP contribution in [0.2, 0.25) is 0 Å². The number of amides is 1. The number of likely N-dealkylation sites (tertiary alicyclic amines) is 2. The van der Waals surface area contributed by atoms with Crippen LogP contribution in [0.15, 0.2) is 0 Å². The van der Waals surface area contributed by atoms with E-state index in [1.54, 1.807) is 0 Å². The van der Waals surface area contributed by atoms with E-state index in [9.17, 15) is 9.59 Å². The Morgan fingerprint density at radius 2 is 1.55 bits per heavy atom. The second-order valence-electron chi connectivity index (χ2n) is 8.08. The molecule has 0 aromatic rings. The van der Waals surface area contributed by atoms with Crippen LogP contribution in [-0.2, 0) is 9.59 Å². The Hall–Kier alpha value is -0.900. The summed E-state index contributed by atoms with van der Waals surface area (Å²) < 4.78 is 0. The lowest BCUT2D eigenvalue weighted by atomic mass is 9.78. The molecule has 4 heteroatoms. The van der Waals surface area contributed by atoms with Gasteiger partial charge in [0, 0.05) is 36.5 Å². The Balaban J connectivity index is 2.35. The van der Waals surface area contributed by atoms with Crippen LogP contribution in [0.4, 0.5) is 0 Å². The largest absolute Gasteiger partial charge is 0.336 e. The lowest BCUT2D eigenvalue weighted by Crippen LogP contribution is -2.67. The number of rotatable bonds is 0. The van der Waals surface area contributed by atoms with Crippen LogP contribution in [0, 0.1) is 5.92 Å². The van der Waals surface area contributed by atoms with Gasteiger partial charge in [-0.3, -0.25) is 14.5 Å². The van der Waals surface area contributed by atoms with Gasteiger partial charge in [0.05, 0.1) is 6.04 Å². The lowest BCUT2D eigenvalue weighted by Gasteiger charge is -2.52. The van der Waals surface area contributed by atoms with Crippen molar-refractivity contribution in [2.24, 2.45) is 5.92 Å². The zero-order valence-electron chi connectivity index (χ0n) is 13.7. The molecule has 2 rings (SSSR count). The third-order valence-corrected chi connectivity index (χ3v) is 4.58. The zero-order chi connectivity index (χ0) is 15.3. The van der Waals surface area contributed by atoms with Crippen LogP contribution in [0.25, 0.3) is 0 Å². The van der Waals surface area contributed by atoms with E-state index < -0.39 is 0 Å². The first-order chi connectivity index (χ1) is 9.03. The third-order valence-electron chi connectivity index (χ3n) is 4.58. The van der Waals surface area contributed by atoms with E-state index in [2.05, 4.69) is 46.4 Å². The summed E-state index contributed by atoms with van der Waals surface area (Å²) in [6.07, 6.45) is 1.39. The molecule has 2 heterocycles. The summed E-state index contributed by atoms with van der Waals surface area (Å²) in [6.45, 7) is 14.0. The first kappa shape index (κ1) is 15.5. The summed E-state index contributed by atoms with van der Waals surface area (Å²) in [6, 6.07) is -0.260. The molecule has 0 bridgehead atoms. The third kappa shape index (κ3) is 2.62. The molecule has 0 aromatic heterocycles. The SMILES string of the molecule is CC(C)(C)N1CCC2C(=O)CCN(C(C)(C)C)C2C1=O. The number of ketones is 1. The van der Waals surface area contributed by atoms with Gasteiger partial charge in [0.15, 0.2) is 0 Å². The van der Waals surface area contributed by atoms with Gasteiger partial charge in [0.2, 0.25) is 5.91 Å². The summed E-state index contributed by atoms with van der Waals surface area (Å²) in [5.41, 5.74) is -0.258. The van der Waals surface area contributed by atoms with Crippen LogP contribution >= 0.6 is 0 Å². The van der Waals surface area contributed by atoms with Gasteiger partial charge in [-0.2, -0.15) is 0 Å². The van der Waals surface area contributed by atoms with Gasteiger partial charge in [0.25, 0.3) is 0 Å². The van der Waals surface area contributed by atoms with E-state index in [1.165, 1.54) is 0 Å². The molecule has 2 fully saturated rings. The van der Waals surface area contributed by atoms with Crippen molar-refractivity contribution in [2.45, 2.75) is 71.5 Å². The highest BCUT2D eigenvalue weighted by molar-refractivity contribution is 5.93. The van der Waals surface area contributed by atoms with E-state index in [-0.39, 0.29) is 34.7 Å². The van der Waals surface area contributed by atoms with E-state index in [0.29, 0.717) is 19.5 Å². The van der Waals surface area contributed by atoms with Crippen molar-refractivity contribution in [3.8, 4) is 0 Å². The Morgan fingerprint density at radius 1 is 0.950 bits per heavy atom. The quantitative estimate of drug-likeness (QED) is 0.682. The Bertz CT molecular complexity index is 417. The number of carbonyl (C=O) groups excluding carboxylic acids is 2. The predicted octanol–water partition coefficient (Wildman–Crippen LogP) is 2.08. The molecular weight excluding hydrogens is 252 g/mol. The van der Waals surface area contributed by atoms with Gasteiger partial charge >= 0.3 is 0 Å². The molecule has 20 heavy (non-hydrogen) atoms. The van der Waals surface area contributed by atoms with Crippen LogP contribution in [-0.4, -0.2) is 51.7 Å². The smallest absolute Gasteiger partial charge is 0.241 e. The van der Waals surface area contributed by atoms with Crippen LogP contribution in [0.5, 0.6) is 0 Å². The maximum absolute atomic E-state index is 12.9. The molecule has 2 saturated heterocycles. The number of fused-ring (bicyclic) bond motifs is 1. The fourth-order valence-corrected chi connectivity index (χ4v) is 3.53. The minimum Gasteiger partial charge on any atom is -0.336 e. The van der Waals surface area contributed by atoms with Gasteiger partial charge in [-0.05, 0) is 48.0 Å². The normalized spacial score (nSPS) is 29.6. The monoisotopic (exact) mass is 280 g/mol. The predicted molar refractivity (Wildman–Crippen MR) is 79.4 cm³/mol. The maximum atomic E-state index is 12.9. The number of hydrogen-bond donors (Lipinski definition) is 0. The molecule has 4 nitrogen and oxygen atoms in total. The van der Waals surface area contributed by atoms with Crippen molar-refractivity contribution < 1.29 is 9.59 Å². The van der Waals surface area contributed by atoms with Crippen molar-refractivity contribution in [3.05, 3.63) is 0 Å². The number of carbonyl (C=O) groups is 2. The molecule has 0 saturated carbocycles. The number of Topliss-reactive ketones (excluding diaryl/α,β-unsaturated/α-hetero) is 1. The first-order valence-corrected chi connectivity index (χ1v) is 7.64. The topological polar surface area (TPSA) is 40.6 Å². The molecule has 0 radical (unpaired) electrons. The minimum atomic E-state index is -0.260. The highest BCUT2D eigenvalue weighted by Crippen LogP contribution is 2.35. The average Bonchev–Trinajstić information content (AvgIpc) is 2.27. The Kier molecular flexibility index (Phi) is 3.74. The maximum Gasteiger partial charge on any atom is 0.241 e. The molecule has 2 aliphatic heterocycles. The second-order valence-corrected chi connectivity index (χ2v) is 8.08. The van der Waals surface area contributed by atoms with E-state index in [1.807, 2.05) is 4.90 Å². The summed E-state index contributed by atoms with van der Waals surface area (Å²) in [5, 5.41) is 0. The van der Waals surface area contributed by atoms with Gasteiger partial charge in [0.1, 0.15) is 5.78 Å². The van der Waals surface area contributed by atoms with Crippen molar-refractivity contribution >= 4 is 11.7 Å². The molecular formula is C16H28N2O2. The van der Waals surface area contributed by atoms with Gasteiger partial charge < -0.3 is 4.90 Å². The number of nitrogens with zero attached hydrogens (tertiary/aromatic N) is 2. The fourth-order valence-electron chi connectivity index (χ4n) is 3.53. The highest BCUT2D eigenvalue weighted by Gasteiger charge is 2.50. The molecule has 2 atom stereocenters. The average molecular weight is 280 g/mol. The molecule has 0 N–H and O–H groups in total. The highest BCUT2D eigenvalue weighted by atomic mass is 16.2. The molecule has 0 spiro atoms. The Labute approximate surface area is 122 Å². The summed E-state index contributed by atoms with van der Waals surface area (Å²) in [7, 11) is 0. The minimum absolute atomic E-state index is 0.0832. The first-order valence-electron chi connectivity index (χ1n) is 7.64. The molecule has 114 valence electrons. The van der Waals surface area contributed by atoms with E-state index in [0.717, 1.165) is 6.42 Å². The molecule has 0 aromatic carbocycles. The standard InChI is InChI=1S/C16H28N2O2/c1-15(2,3)17-10-8-12(19)11-7-9-18(16(4,5)6)14(20)13(11)17/h11,13H,7-10H2,1-6H3. The van der Waals surface area contributed by atoms with Gasteiger partial charge in [-0.15, -0.1) is 0 Å². The van der Waals surface area contributed by atoms with Crippen molar-refractivity contribution in [3.63, 3.8) is 0 Å². The molecule has 2 aliphatic rings. The lowest BCUT2D eigenvalue weighted by molar-refractivity contribution is -0.160. The van der Waals surface area contributed by atoms with E-state index in [4.69, 9.17) is 0 Å². The molecule has 1 amide bonds. The zero-order valence-corrected chi connectivity index (χ0v) is 13.7. The van der Waals surface area contributed by atoms with Crippen LogP contribution in [0.3, 0.4) is 0 Å². The molecule has 0 aliphatic carbocycles. The van der Waals surface area contributed by atoms with Gasteiger partial charge in [-0.25, -0.2) is 0 Å². The Morgan fingerprint density at radius 3 is 2.05 bits per heavy atom. The number of piperidine rings is 2. The van der Waals surface area contributed by atoms with Crippen molar-refractivity contribution in [1.29, 1.82) is 0 Å². The second kappa shape index (κ2) is 4.83. The summed E-state index contributed by atoms with van der Waals surface area (Å²) in [4.78, 5) is 29.3. The van der Waals surface area contributed by atoms with Crippen molar-refractivity contribution in [1.82, 2.24) is 9.80 Å². The molecule has 2 unspecified atom stereocenters. The fraction of sp³-hybridized carbons (Fsp3) is 0.875. The van der Waals surface area contributed by atoms with Gasteiger partial charge in [-0.1, -0.05) is 0 Å². The van der Waals surface area contributed by atoms with Crippen molar-refractivity contribution in [2.75, 3.05) is 13.1 Å². The van der Waals surface area contributed by atoms with E-state index >= 15 is 0 Å². The summed E-state index contributed by atoms with van der Waals surface area (Å²) >= 11 is 0. The summed E-state index contributed by atoms with van der Waals surface area (Å²) in [5.74, 6) is 0.309. The number of hydrogen-bond acceptors (Lipinski definition) is 3. The van der Waals surface area contributed by atoms with Crippen LogP contribution < -0.4 is 0 Å². The van der Waals surface area contributed by atoms with Crippen LogP contribution in [0.1, 0.15) is 54.4 Å².